The minimum Gasteiger partial charge on any atom is -0.328 e. The van der Waals surface area contributed by atoms with Crippen LogP contribution in [-0.2, 0) is 6.42 Å². The van der Waals surface area contributed by atoms with Gasteiger partial charge in [-0.1, -0.05) is 52.6 Å². The van der Waals surface area contributed by atoms with Crippen molar-refractivity contribution in [2.75, 3.05) is 0 Å². The molecule has 0 aromatic heterocycles. The molecule has 0 amide bonds. The second-order valence-corrected chi connectivity index (χ2v) is 6.98. The van der Waals surface area contributed by atoms with Crippen LogP contribution >= 0.6 is 46.6 Å². The Balaban J connectivity index is 2.31. The first-order chi connectivity index (χ1) is 9.45. The minimum atomic E-state index is 0.101. The van der Waals surface area contributed by atoms with Gasteiger partial charge in [0.15, 0.2) is 0 Å². The highest BCUT2D eigenvalue weighted by Gasteiger charge is 2.09. The monoisotopic (exact) mass is 345 g/mol. The van der Waals surface area contributed by atoms with E-state index in [1.54, 1.807) is 17.8 Å². The van der Waals surface area contributed by atoms with Gasteiger partial charge in [-0.25, -0.2) is 0 Å². The third-order valence-electron chi connectivity index (χ3n) is 2.69. The van der Waals surface area contributed by atoms with Gasteiger partial charge < -0.3 is 5.73 Å². The maximum Gasteiger partial charge on any atom is 0.0603 e. The van der Waals surface area contributed by atoms with Crippen LogP contribution < -0.4 is 5.73 Å². The Morgan fingerprint density at radius 2 is 1.80 bits per heavy atom. The zero-order valence-electron chi connectivity index (χ0n) is 10.9. The molecule has 0 saturated carbocycles. The normalized spacial score (nSPS) is 12.4. The molecule has 5 heteroatoms. The molecule has 0 fully saturated rings. The third-order valence-corrected chi connectivity index (χ3v) is 4.75. The summed E-state index contributed by atoms with van der Waals surface area (Å²) in [5.41, 5.74) is 7.07. The summed E-state index contributed by atoms with van der Waals surface area (Å²) in [7, 11) is 0. The lowest BCUT2D eigenvalue weighted by atomic mass is 10.1. The Hall–Kier alpha value is -0.380. The van der Waals surface area contributed by atoms with Gasteiger partial charge in [-0.05, 0) is 49.2 Å². The molecule has 2 rings (SSSR count). The van der Waals surface area contributed by atoms with Gasteiger partial charge in [-0.3, -0.25) is 0 Å². The molecule has 0 aliphatic rings. The van der Waals surface area contributed by atoms with Crippen molar-refractivity contribution in [3.8, 4) is 0 Å². The number of rotatable bonds is 4. The molecule has 1 unspecified atom stereocenters. The Morgan fingerprint density at radius 1 is 1.05 bits per heavy atom. The number of hydrogen-bond acceptors (Lipinski definition) is 2. The molecular weight excluding hydrogens is 333 g/mol. The fourth-order valence-corrected chi connectivity index (χ4v) is 3.44. The first kappa shape index (κ1) is 16.0. The maximum absolute atomic E-state index is 6.08. The van der Waals surface area contributed by atoms with Crippen LogP contribution in [-0.4, -0.2) is 6.04 Å². The van der Waals surface area contributed by atoms with Crippen LogP contribution in [0.2, 0.25) is 15.1 Å². The molecule has 1 atom stereocenters. The van der Waals surface area contributed by atoms with Gasteiger partial charge in [0.05, 0.1) is 10.0 Å². The predicted octanol–water partition coefficient (Wildman–Crippen LogP) is 5.69. The van der Waals surface area contributed by atoms with Gasteiger partial charge in [-0.2, -0.15) is 0 Å². The molecule has 2 aromatic carbocycles. The summed E-state index contributed by atoms with van der Waals surface area (Å²) in [4.78, 5) is 2.11. The van der Waals surface area contributed by atoms with Crippen LogP contribution in [0.25, 0.3) is 0 Å². The number of halogens is 3. The molecule has 106 valence electrons. The molecule has 0 spiro atoms. The van der Waals surface area contributed by atoms with E-state index in [1.165, 1.54) is 5.56 Å². The van der Waals surface area contributed by atoms with Crippen molar-refractivity contribution in [3.63, 3.8) is 0 Å². The summed E-state index contributed by atoms with van der Waals surface area (Å²) in [5, 5.41) is 1.81. The fraction of sp³-hybridized carbons (Fsp3) is 0.200. The van der Waals surface area contributed by atoms with Crippen LogP contribution in [0.1, 0.15) is 12.5 Å². The van der Waals surface area contributed by atoms with Gasteiger partial charge >= 0.3 is 0 Å². The van der Waals surface area contributed by atoms with Gasteiger partial charge in [-0.15, -0.1) is 0 Å². The lowest BCUT2D eigenvalue weighted by molar-refractivity contribution is 0.729. The molecule has 0 bridgehead atoms. The van der Waals surface area contributed by atoms with E-state index < -0.39 is 0 Å². The van der Waals surface area contributed by atoms with Gasteiger partial charge in [0.25, 0.3) is 0 Å². The number of nitrogens with two attached hydrogens (primary N) is 1. The van der Waals surface area contributed by atoms with Crippen molar-refractivity contribution in [2.45, 2.75) is 29.2 Å². The molecule has 2 aromatic rings. The zero-order chi connectivity index (χ0) is 14.7. The summed E-state index contributed by atoms with van der Waals surface area (Å²) >= 11 is 19.7. The molecule has 0 aliphatic carbocycles. The average molecular weight is 347 g/mol. The summed E-state index contributed by atoms with van der Waals surface area (Å²) < 4.78 is 0. The van der Waals surface area contributed by atoms with Gasteiger partial charge in [0, 0.05) is 20.9 Å². The molecule has 0 radical (unpaired) electrons. The second kappa shape index (κ2) is 7.06. The van der Waals surface area contributed by atoms with Crippen LogP contribution in [0.4, 0.5) is 0 Å². The van der Waals surface area contributed by atoms with E-state index in [0.29, 0.717) is 15.1 Å². The van der Waals surface area contributed by atoms with E-state index >= 15 is 0 Å². The third kappa shape index (κ3) is 4.31. The molecular formula is C15H14Cl3NS. The Morgan fingerprint density at radius 3 is 2.45 bits per heavy atom. The standard InChI is InChI=1S/C15H14Cl3NS/c1-9(19)6-10-2-3-11(16)7-15(10)20-12-4-5-13(17)14(18)8-12/h2-5,7-9H,6,19H2,1H3. The second-order valence-electron chi connectivity index (χ2n) is 4.61. The van der Waals surface area contributed by atoms with Crippen molar-refractivity contribution in [1.82, 2.24) is 0 Å². The van der Waals surface area contributed by atoms with Crippen LogP contribution in [0.3, 0.4) is 0 Å². The van der Waals surface area contributed by atoms with Crippen molar-refractivity contribution in [3.05, 3.63) is 57.0 Å². The lowest BCUT2D eigenvalue weighted by Gasteiger charge is -2.12. The molecule has 0 aliphatic heterocycles. The minimum absolute atomic E-state index is 0.101. The Kier molecular flexibility index (Phi) is 5.65. The van der Waals surface area contributed by atoms with Crippen LogP contribution in [0.5, 0.6) is 0 Å². The number of hydrogen-bond donors (Lipinski definition) is 1. The number of benzene rings is 2. The van der Waals surface area contributed by atoms with Gasteiger partial charge in [0.2, 0.25) is 0 Å². The average Bonchev–Trinajstić information content (AvgIpc) is 2.37. The predicted molar refractivity (Wildman–Crippen MR) is 89.4 cm³/mol. The zero-order valence-corrected chi connectivity index (χ0v) is 14.0. The summed E-state index contributed by atoms with van der Waals surface area (Å²) in [6, 6.07) is 11.5. The highest BCUT2D eigenvalue weighted by Crippen LogP contribution is 2.35. The van der Waals surface area contributed by atoms with E-state index in [4.69, 9.17) is 40.5 Å². The van der Waals surface area contributed by atoms with Gasteiger partial charge in [0.1, 0.15) is 0 Å². The SMILES string of the molecule is CC(N)Cc1ccc(Cl)cc1Sc1ccc(Cl)c(Cl)c1. The molecule has 20 heavy (non-hydrogen) atoms. The van der Waals surface area contributed by atoms with Crippen LogP contribution in [0, 0.1) is 0 Å². The highest BCUT2D eigenvalue weighted by molar-refractivity contribution is 7.99. The van der Waals surface area contributed by atoms with E-state index in [0.717, 1.165) is 16.2 Å². The topological polar surface area (TPSA) is 26.0 Å². The van der Waals surface area contributed by atoms with Crippen molar-refractivity contribution < 1.29 is 0 Å². The first-order valence-electron chi connectivity index (χ1n) is 6.12. The van der Waals surface area contributed by atoms with Crippen LogP contribution in [0.15, 0.2) is 46.2 Å². The molecule has 1 nitrogen and oxygen atoms in total. The molecule has 2 N–H and O–H groups in total. The fourth-order valence-electron chi connectivity index (χ4n) is 1.81. The first-order valence-corrected chi connectivity index (χ1v) is 8.07. The summed E-state index contributed by atoms with van der Waals surface area (Å²) in [6.07, 6.45) is 0.806. The Labute approximate surface area is 138 Å². The van der Waals surface area contributed by atoms with E-state index in [1.807, 2.05) is 37.3 Å². The highest BCUT2D eigenvalue weighted by atomic mass is 35.5. The lowest BCUT2D eigenvalue weighted by Crippen LogP contribution is -2.18. The van der Waals surface area contributed by atoms with Crippen molar-refractivity contribution in [2.24, 2.45) is 5.73 Å². The maximum atomic E-state index is 6.08. The molecule has 0 heterocycles. The Bertz CT molecular complexity index is 614. The molecule has 0 saturated heterocycles. The largest absolute Gasteiger partial charge is 0.328 e. The van der Waals surface area contributed by atoms with E-state index in [-0.39, 0.29) is 6.04 Å². The van der Waals surface area contributed by atoms with E-state index in [9.17, 15) is 0 Å². The summed E-state index contributed by atoms with van der Waals surface area (Å²) in [6.45, 7) is 1.99. The summed E-state index contributed by atoms with van der Waals surface area (Å²) in [5.74, 6) is 0. The smallest absolute Gasteiger partial charge is 0.0603 e. The quantitative estimate of drug-likeness (QED) is 0.769. The van der Waals surface area contributed by atoms with E-state index in [2.05, 4.69) is 0 Å². The van der Waals surface area contributed by atoms with Crippen molar-refractivity contribution in [1.29, 1.82) is 0 Å². The van der Waals surface area contributed by atoms with Crippen molar-refractivity contribution >= 4 is 46.6 Å².